The molecule has 0 aliphatic rings. The zero-order valence-corrected chi connectivity index (χ0v) is 9.81. The summed E-state index contributed by atoms with van der Waals surface area (Å²) in [5, 5.41) is 0. The zero-order chi connectivity index (χ0) is 10.4. The highest BCUT2D eigenvalue weighted by Crippen LogP contribution is 2.20. The SMILES string of the molecule is CSCCC(CN)c1ccc(C)cc1. The molecular formula is C12H19NS. The van der Waals surface area contributed by atoms with Gasteiger partial charge in [0.25, 0.3) is 0 Å². The minimum atomic E-state index is 0.531. The molecule has 1 rings (SSSR count). The Morgan fingerprint density at radius 3 is 2.43 bits per heavy atom. The van der Waals surface area contributed by atoms with Gasteiger partial charge in [0.1, 0.15) is 0 Å². The van der Waals surface area contributed by atoms with Crippen molar-refractivity contribution in [1.29, 1.82) is 0 Å². The Morgan fingerprint density at radius 1 is 1.29 bits per heavy atom. The molecule has 2 N–H and O–H groups in total. The molecule has 0 heterocycles. The predicted molar refractivity (Wildman–Crippen MR) is 66.0 cm³/mol. The average Bonchev–Trinajstić information content (AvgIpc) is 2.21. The van der Waals surface area contributed by atoms with Crippen LogP contribution >= 0.6 is 11.8 Å². The lowest BCUT2D eigenvalue weighted by molar-refractivity contribution is 0.680. The molecule has 0 aromatic heterocycles. The number of hydrogen-bond donors (Lipinski definition) is 1. The highest BCUT2D eigenvalue weighted by molar-refractivity contribution is 7.98. The first kappa shape index (κ1) is 11.6. The molecule has 0 saturated carbocycles. The number of aryl methyl sites for hydroxylation is 1. The Balaban J connectivity index is 2.64. The summed E-state index contributed by atoms with van der Waals surface area (Å²) in [6.45, 7) is 2.87. The molecule has 1 atom stereocenters. The lowest BCUT2D eigenvalue weighted by atomic mass is 9.96. The maximum atomic E-state index is 5.77. The van der Waals surface area contributed by atoms with E-state index in [1.54, 1.807) is 0 Å². The zero-order valence-electron chi connectivity index (χ0n) is 8.99. The molecule has 1 aromatic carbocycles. The lowest BCUT2D eigenvalue weighted by Crippen LogP contribution is -2.13. The van der Waals surface area contributed by atoms with Gasteiger partial charge >= 0.3 is 0 Å². The molecule has 0 aliphatic carbocycles. The Morgan fingerprint density at radius 2 is 1.93 bits per heavy atom. The van der Waals surface area contributed by atoms with E-state index in [0.29, 0.717) is 5.92 Å². The standard InChI is InChI=1S/C12H19NS/c1-10-3-5-11(6-4-10)12(9-13)7-8-14-2/h3-6,12H,7-9,13H2,1-2H3. The quantitative estimate of drug-likeness (QED) is 0.807. The van der Waals surface area contributed by atoms with E-state index in [-0.39, 0.29) is 0 Å². The van der Waals surface area contributed by atoms with Crippen LogP contribution in [0.2, 0.25) is 0 Å². The van der Waals surface area contributed by atoms with Gasteiger partial charge in [0.15, 0.2) is 0 Å². The fourth-order valence-electron chi connectivity index (χ4n) is 1.52. The first-order valence-corrected chi connectivity index (χ1v) is 6.43. The molecule has 0 radical (unpaired) electrons. The van der Waals surface area contributed by atoms with Gasteiger partial charge in [-0.05, 0) is 43.4 Å². The second-order valence-electron chi connectivity index (χ2n) is 3.62. The van der Waals surface area contributed by atoms with Gasteiger partial charge in [-0.15, -0.1) is 0 Å². The summed E-state index contributed by atoms with van der Waals surface area (Å²) in [7, 11) is 0. The molecule has 0 aliphatic heterocycles. The molecule has 0 bridgehead atoms. The van der Waals surface area contributed by atoms with Crippen molar-refractivity contribution >= 4 is 11.8 Å². The minimum absolute atomic E-state index is 0.531. The van der Waals surface area contributed by atoms with E-state index in [9.17, 15) is 0 Å². The number of thioether (sulfide) groups is 1. The summed E-state index contributed by atoms with van der Waals surface area (Å²) in [5.41, 5.74) is 8.47. The van der Waals surface area contributed by atoms with Crippen LogP contribution in [0.5, 0.6) is 0 Å². The third kappa shape index (κ3) is 3.35. The van der Waals surface area contributed by atoms with Crippen molar-refractivity contribution in [1.82, 2.24) is 0 Å². The predicted octanol–water partition coefficient (Wildman–Crippen LogP) is 2.79. The molecule has 78 valence electrons. The van der Waals surface area contributed by atoms with Crippen LogP contribution in [0.25, 0.3) is 0 Å². The Labute approximate surface area is 91.1 Å². The van der Waals surface area contributed by atoms with Crippen LogP contribution in [0, 0.1) is 6.92 Å². The first-order chi connectivity index (χ1) is 6.77. The second kappa shape index (κ2) is 6.10. The van der Waals surface area contributed by atoms with Gasteiger partial charge in [-0.2, -0.15) is 11.8 Å². The summed E-state index contributed by atoms with van der Waals surface area (Å²) in [4.78, 5) is 0. The summed E-state index contributed by atoms with van der Waals surface area (Å²) in [6.07, 6.45) is 3.32. The molecule has 2 heteroatoms. The van der Waals surface area contributed by atoms with Gasteiger partial charge in [-0.3, -0.25) is 0 Å². The van der Waals surface area contributed by atoms with E-state index in [1.807, 2.05) is 11.8 Å². The van der Waals surface area contributed by atoms with Crippen molar-refractivity contribution < 1.29 is 0 Å². The minimum Gasteiger partial charge on any atom is -0.330 e. The fourth-order valence-corrected chi connectivity index (χ4v) is 2.04. The molecule has 1 aromatic rings. The van der Waals surface area contributed by atoms with Gasteiger partial charge < -0.3 is 5.73 Å². The van der Waals surface area contributed by atoms with Crippen molar-refractivity contribution in [3.8, 4) is 0 Å². The summed E-state index contributed by atoms with van der Waals surface area (Å²) in [5.74, 6) is 1.72. The third-order valence-electron chi connectivity index (χ3n) is 2.50. The summed E-state index contributed by atoms with van der Waals surface area (Å²) in [6, 6.07) is 8.73. The lowest BCUT2D eigenvalue weighted by Gasteiger charge is -2.14. The average molecular weight is 209 g/mol. The molecule has 0 saturated heterocycles. The topological polar surface area (TPSA) is 26.0 Å². The van der Waals surface area contributed by atoms with Gasteiger partial charge in [0.05, 0.1) is 0 Å². The molecule has 0 spiro atoms. The number of benzene rings is 1. The number of rotatable bonds is 5. The van der Waals surface area contributed by atoms with Gasteiger partial charge in [-0.1, -0.05) is 29.8 Å². The first-order valence-electron chi connectivity index (χ1n) is 5.03. The highest BCUT2D eigenvalue weighted by Gasteiger charge is 2.08. The third-order valence-corrected chi connectivity index (χ3v) is 3.15. The second-order valence-corrected chi connectivity index (χ2v) is 4.61. The maximum absolute atomic E-state index is 5.77. The Bertz CT molecular complexity index is 256. The number of nitrogens with two attached hydrogens (primary N) is 1. The van der Waals surface area contributed by atoms with Gasteiger partial charge in [-0.25, -0.2) is 0 Å². The molecule has 1 nitrogen and oxygen atoms in total. The van der Waals surface area contributed by atoms with Gasteiger partial charge in [0, 0.05) is 0 Å². The van der Waals surface area contributed by atoms with Crippen LogP contribution in [0.15, 0.2) is 24.3 Å². The van der Waals surface area contributed by atoms with Crippen molar-refractivity contribution in [2.45, 2.75) is 19.3 Å². The molecule has 0 fully saturated rings. The Hall–Kier alpha value is -0.470. The van der Waals surface area contributed by atoms with Crippen LogP contribution in [-0.4, -0.2) is 18.6 Å². The van der Waals surface area contributed by atoms with E-state index in [2.05, 4.69) is 37.4 Å². The molecule has 0 amide bonds. The van der Waals surface area contributed by atoms with E-state index in [0.717, 1.165) is 6.54 Å². The van der Waals surface area contributed by atoms with Gasteiger partial charge in [0.2, 0.25) is 0 Å². The Kier molecular flexibility index (Phi) is 5.05. The number of hydrogen-bond acceptors (Lipinski definition) is 2. The monoisotopic (exact) mass is 209 g/mol. The summed E-state index contributed by atoms with van der Waals surface area (Å²) < 4.78 is 0. The largest absolute Gasteiger partial charge is 0.330 e. The smallest absolute Gasteiger partial charge is 0.000794 e. The molecule has 14 heavy (non-hydrogen) atoms. The van der Waals surface area contributed by atoms with Crippen molar-refractivity contribution in [3.63, 3.8) is 0 Å². The van der Waals surface area contributed by atoms with E-state index >= 15 is 0 Å². The van der Waals surface area contributed by atoms with Crippen LogP contribution in [0.1, 0.15) is 23.5 Å². The van der Waals surface area contributed by atoms with E-state index in [1.165, 1.54) is 23.3 Å². The van der Waals surface area contributed by atoms with Crippen LogP contribution < -0.4 is 5.73 Å². The van der Waals surface area contributed by atoms with Crippen LogP contribution in [0.3, 0.4) is 0 Å². The van der Waals surface area contributed by atoms with Crippen molar-refractivity contribution in [2.75, 3.05) is 18.6 Å². The van der Waals surface area contributed by atoms with Crippen molar-refractivity contribution in [2.24, 2.45) is 5.73 Å². The van der Waals surface area contributed by atoms with Crippen LogP contribution in [-0.2, 0) is 0 Å². The maximum Gasteiger partial charge on any atom is -0.000794 e. The van der Waals surface area contributed by atoms with E-state index < -0.39 is 0 Å². The summed E-state index contributed by atoms with van der Waals surface area (Å²) >= 11 is 1.89. The van der Waals surface area contributed by atoms with Crippen LogP contribution in [0.4, 0.5) is 0 Å². The fraction of sp³-hybridized carbons (Fsp3) is 0.500. The molecular weight excluding hydrogens is 190 g/mol. The molecule has 1 unspecified atom stereocenters. The van der Waals surface area contributed by atoms with E-state index in [4.69, 9.17) is 5.73 Å². The normalized spacial score (nSPS) is 12.8. The highest BCUT2D eigenvalue weighted by atomic mass is 32.2. The van der Waals surface area contributed by atoms with Crippen molar-refractivity contribution in [3.05, 3.63) is 35.4 Å².